The number of carbonyl (C=O) groups is 3. The van der Waals surface area contributed by atoms with Crippen LogP contribution < -0.4 is 5.32 Å². The van der Waals surface area contributed by atoms with Crippen LogP contribution in [-0.2, 0) is 19.1 Å². The molecule has 104 valence electrons. The van der Waals surface area contributed by atoms with Gasteiger partial charge in [0.05, 0.1) is 17.9 Å². The average Bonchev–Trinajstić information content (AvgIpc) is 2.63. The fraction of sp³-hybridized carbons (Fsp3) is 0.643. The Kier molecular flexibility index (Phi) is 3.73. The zero-order valence-electron chi connectivity index (χ0n) is 11.1. The Hall–Kier alpha value is -1.65. The molecule has 1 heterocycles. The summed E-state index contributed by atoms with van der Waals surface area (Å²) < 4.78 is 4.98. The molecule has 0 bridgehead atoms. The van der Waals surface area contributed by atoms with Gasteiger partial charge in [0.1, 0.15) is 0 Å². The largest absolute Gasteiger partial charge is 0.463 e. The fourth-order valence-electron chi connectivity index (χ4n) is 3.46. The standard InChI is InChI=1S/C14H19NO4/c1-3-11(16)19-8-7-14-9(2)5-4-6-10(14)12(17)15-13(14)18/h3,9-10H,1,4-8H2,2H3,(H,15,17,18). The first-order valence-electron chi connectivity index (χ1n) is 6.67. The number of carbonyl (C=O) groups excluding carboxylic acids is 3. The monoisotopic (exact) mass is 265 g/mol. The van der Waals surface area contributed by atoms with Gasteiger partial charge in [-0.25, -0.2) is 4.79 Å². The molecule has 0 aromatic heterocycles. The minimum absolute atomic E-state index is 0.125. The van der Waals surface area contributed by atoms with E-state index in [0.717, 1.165) is 25.3 Å². The van der Waals surface area contributed by atoms with Gasteiger partial charge in [0.15, 0.2) is 0 Å². The maximum absolute atomic E-state index is 12.2. The summed E-state index contributed by atoms with van der Waals surface area (Å²) in [5, 5.41) is 2.44. The Balaban J connectivity index is 2.15. The summed E-state index contributed by atoms with van der Waals surface area (Å²) in [7, 11) is 0. The maximum Gasteiger partial charge on any atom is 0.330 e. The van der Waals surface area contributed by atoms with Crippen molar-refractivity contribution in [3.63, 3.8) is 0 Å². The molecule has 2 aliphatic rings. The van der Waals surface area contributed by atoms with Crippen LogP contribution in [0.4, 0.5) is 0 Å². The lowest BCUT2D eigenvalue weighted by Crippen LogP contribution is -2.44. The van der Waals surface area contributed by atoms with E-state index in [0.29, 0.717) is 6.42 Å². The topological polar surface area (TPSA) is 72.5 Å². The summed E-state index contributed by atoms with van der Waals surface area (Å²) in [6, 6.07) is 0. The summed E-state index contributed by atoms with van der Waals surface area (Å²) in [5.41, 5.74) is -0.698. The van der Waals surface area contributed by atoms with Gasteiger partial charge in [0, 0.05) is 6.08 Å². The number of rotatable bonds is 4. The maximum atomic E-state index is 12.2. The Labute approximate surface area is 112 Å². The van der Waals surface area contributed by atoms with Crippen LogP contribution in [0.5, 0.6) is 0 Å². The highest BCUT2D eigenvalue weighted by atomic mass is 16.5. The normalized spacial score (nSPS) is 33.5. The van der Waals surface area contributed by atoms with Crippen molar-refractivity contribution in [1.29, 1.82) is 0 Å². The highest BCUT2D eigenvalue weighted by molar-refractivity contribution is 6.07. The second kappa shape index (κ2) is 5.15. The molecule has 3 unspecified atom stereocenters. The van der Waals surface area contributed by atoms with Crippen LogP contribution in [-0.4, -0.2) is 24.4 Å². The van der Waals surface area contributed by atoms with E-state index >= 15 is 0 Å². The minimum atomic E-state index is -0.698. The molecule has 2 amide bonds. The number of hydrogen-bond donors (Lipinski definition) is 1. The first kappa shape index (κ1) is 13.8. The molecule has 3 atom stereocenters. The third-order valence-corrected chi connectivity index (χ3v) is 4.53. The highest BCUT2D eigenvalue weighted by Gasteiger charge is 2.58. The van der Waals surface area contributed by atoms with Gasteiger partial charge in [0.25, 0.3) is 0 Å². The summed E-state index contributed by atoms with van der Waals surface area (Å²) in [6.07, 6.45) is 4.11. The van der Waals surface area contributed by atoms with Crippen LogP contribution in [0.25, 0.3) is 0 Å². The molecule has 0 radical (unpaired) electrons. The second-order valence-electron chi connectivity index (χ2n) is 5.36. The number of esters is 1. The van der Waals surface area contributed by atoms with E-state index in [1.807, 2.05) is 6.92 Å². The molecule has 2 rings (SSSR count). The Morgan fingerprint density at radius 2 is 2.26 bits per heavy atom. The van der Waals surface area contributed by atoms with E-state index in [1.54, 1.807) is 0 Å². The van der Waals surface area contributed by atoms with Gasteiger partial charge in [-0.15, -0.1) is 0 Å². The molecule has 1 saturated carbocycles. The number of amides is 2. The molecule has 1 saturated heterocycles. The van der Waals surface area contributed by atoms with Crippen LogP contribution in [0.1, 0.15) is 32.6 Å². The number of ether oxygens (including phenoxy) is 1. The van der Waals surface area contributed by atoms with Crippen molar-refractivity contribution in [3.8, 4) is 0 Å². The van der Waals surface area contributed by atoms with Crippen LogP contribution in [0, 0.1) is 17.3 Å². The first-order chi connectivity index (χ1) is 9.02. The zero-order valence-corrected chi connectivity index (χ0v) is 11.1. The van der Waals surface area contributed by atoms with E-state index < -0.39 is 11.4 Å². The molecule has 5 nitrogen and oxygen atoms in total. The molecule has 1 aliphatic carbocycles. The summed E-state index contributed by atoms with van der Waals surface area (Å²) in [4.78, 5) is 35.1. The Bertz CT molecular complexity index is 431. The first-order valence-corrected chi connectivity index (χ1v) is 6.67. The van der Waals surface area contributed by atoms with E-state index in [-0.39, 0.29) is 30.3 Å². The van der Waals surface area contributed by atoms with Crippen molar-refractivity contribution in [2.75, 3.05) is 6.61 Å². The molecule has 0 aromatic carbocycles. The van der Waals surface area contributed by atoms with Gasteiger partial charge >= 0.3 is 5.97 Å². The number of nitrogens with one attached hydrogen (secondary N) is 1. The average molecular weight is 265 g/mol. The summed E-state index contributed by atoms with van der Waals surface area (Å²) >= 11 is 0. The molecule has 0 spiro atoms. The van der Waals surface area contributed by atoms with E-state index in [1.165, 1.54) is 0 Å². The SMILES string of the molecule is C=CC(=O)OCCC12C(=O)NC(=O)C1CCCC2C. The number of imide groups is 1. The Morgan fingerprint density at radius 3 is 2.95 bits per heavy atom. The van der Waals surface area contributed by atoms with Crippen molar-refractivity contribution in [3.05, 3.63) is 12.7 Å². The molecule has 2 fully saturated rings. The van der Waals surface area contributed by atoms with Crippen molar-refractivity contribution >= 4 is 17.8 Å². The van der Waals surface area contributed by atoms with E-state index in [9.17, 15) is 14.4 Å². The molecular weight excluding hydrogens is 246 g/mol. The predicted molar refractivity (Wildman–Crippen MR) is 67.9 cm³/mol. The quantitative estimate of drug-likeness (QED) is 0.471. The molecular formula is C14H19NO4. The minimum Gasteiger partial charge on any atom is -0.463 e. The molecule has 1 aliphatic heterocycles. The van der Waals surface area contributed by atoms with Crippen molar-refractivity contribution in [1.82, 2.24) is 5.32 Å². The molecule has 0 aromatic rings. The van der Waals surface area contributed by atoms with Crippen LogP contribution >= 0.6 is 0 Å². The van der Waals surface area contributed by atoms with E-state index in [4.69, 9.17) is 4.74 Å². The third kappa shape index (κ3) is 2.17. The highest BCUT2D eigenvalue weighted by Crippen LogP contribution is 2.51. The van der Waals surface area contributed by atoms with Gasteiger partial charge < -0.3 is 4.74 Å². The summed E-state index contributed by atoms with van der Waals surface area (Å²) in [6.45, 7) is 5.47. The lowest BCUT2D eigenvalue weighted by atomic mass is 9.60. The van der Waals surface area contributed by atoms with Gasteiger partial charge in [-0.3, -0.25) is 14.9 Å². The number of hydrogen-bond acceptors (Lipinski definition) is 4. The molecule has 5 heteroatoms. The van der Waals surface area contributed by atoms with Crippen molar-refractivity contribution in [2.24, 2.45) is 17.3 Å². The van der Waals surface area contributed by atoms with Crippen molar-refractivity contribution in [2.45, 2.75) is 32.6 Å². The lowest BCUT2D eigenvalue weighted by molar-refractivity contribution is -0.144. The summed E-state index contributed by atoms with van der Waals surface area (Å²) in [5.74, 6) is -1.02. The second-order valence-corrected chi connectivity index (χ2v) is 5.36. The Morgan fingerprint density at radius 1 is 1.53 bits per heavy atom. The van der Waals surface area contributed by atoms with Gasteiger partial charge in [0.2, 0.25) is 11.8 Å². The molecule has 1 N–H and O–H groups in total. The smallest absolute Gasteiger partial charge is 0.330 e. The van der Waals surface area contributed by atoms with Crippen LogP contribution in [0.3, 0.4) is 0 Å². The third-order valence-electron chi connectivity index (χ3n) is 4.53. The van der Waals surface area contributed by atoms with Crippen molar-refractivity contribution < 1.29 is 19.1 Å². The lowest BCUT2D eigenvalue weighted by Gasteiger charge is -2.40. The van der Waals surface area contributed by atoms with Crippen LogP contribution in [0.15, 0.2) is 12.7 Å². The molecule has 19 heavy (non-hydrogen) atoms. The number of fused-ring (bicyclic) bond motifs is 1. The van der Waals surface area contributed by atoms with Crippen LogP contribution in [0.2, 0.25) is 0 Å². The predicted octanol–water partition coefficient (Wildman–Crippen LogP) is 1.18. The van der Waals surface area contributed by atoms with Gasteiger partial charge in [-0.2, -0.15) is 0 Å². The van der Waals surface area contributed by atoms with Gasteiger partial charge in [-0.1, -0.05) is 19.9 Å². The van der Waals surface area contributed by atoms with Gasteiger partial charge in [-0.05, 0) is 25.2 Å². The zero-order chi connectivity index (χ0) is 14.0. The van der Waals surface area contributed by atoms with E-state index in [2.05, 4.69) is 11.9 Å². The fourth-order valence-corrected chi connectivity index (χ4v) is 3.46.